The van der Waals surface area contributed by atoms with Gasteiger partial charge in [-0.05, 0) is 50.6 Å². The van der Waals surface area contributed by atoms with Crippen LogP contribution >= 0.6 is 0 Å². The maximum atomic E-state index is 12.2. The summed E-state index contributed by atoms with van der Waals surface area (Å²) >= 11 is 0. The molecule has 144 valence electrons. The van der Waals surface area contributed by atoms with Gasteiger partial charge in [0.2, 0.25) is 0 Å². The Labute approximate surface area is 161 Å². The van der Waals surface area contributed by atoms with Gasteiger partial charge in [-0.1, -0.05) is 12.1 Å². The van der Waals surface area contributed by atoms with E-state index in [9.17, 15) is 14.4 Å². The first-order chi connectivity index (χ1) is 13.3. The number of nitrogens with two attached hydrogens (primary N) is 1. The van der Waals surface area contributed by atoms with Crippen LogP contribution in [-0.2, 0) is 4.79 Å². The van der Waals surface area contributed by atoms with Crippen molar-refractivity contribution in [3.63, 3.8) is 0 Å². The van der Waals surface area contributed by atoms with Gasteiger partial charge in [0.25, 0.3) is 11.8 Å². The zero-order valence-electron chi connectivity index (χ0n) is 15.8. The Morgan fingerprint density at radius 1 is 1.04 bits per heavy atom. The zero-order chi connectivity index (χ0) is 20.4. The van der Waals surface area contributed by atoms with Crippen molar-refractivity contribution in [1.82, 2.24) is 0 Å². The highest BCUT2D eigenvalue weighted by molar-refractivity contribution is 6.03. The Morgan fingerprint density at radius 2 is 1.75 bits per heavy atom. The molecule has 7 nitrogen and oxygen atoms in total. The molecule has 0 saturated carbocycles. The van der Waals surface area contributed by atoms with Crippen LogP contribution in [0.1, 0.15) is 27.0 Å². The summed E-state index contributed by atoms with van der Waals surface area (Å²) in [5, 5.41) is 3.43. The average Bonchev–Trinajstić information content (AvgIpc) is 2.66. The fraction of sp³-hybridized carbons (Fsp3) is 0.190. The van der Waals surface area contributed by atoms with Gasteiger partial charge in [-0.3, -0.25) is 9.59 Å². The Kier molecular flexibility index (Phi) is 5.17. The lowest BCUT2D eigenvalue weighted by molar-refractivity contribution is -0.118. The summed E-state index contributed by atoms with van der Waals surface area (Å²) in [7, 11) is 0. The Morgan fingerprint density at radius 3 is 2.46 bits per heavy atom. The van der Waals surface area contributed by atoms with Crippen molar-refractivity contribution in [1.29, 1.82) is 0 Å². The van der Waals surface area contributed by atoms with Crippen molar-refractivity contribution in [3.05, 3.63) is 69.1 Å². The summed E-state index contributed by atoms with van der Waals surface area (Å²) in [4.78, 5) is 35.6. The van der Waals surface area contributed by atoms with Crippen molar-refractivity contribution in [2.45, 2.75) is 20.8 Å². The van der Waals surface area contributed by atoms with Crippen LogP contribution in [0.4, 0.5) is 5.69 Å². The monoisotopic (exact) mass is 380 g/mol. The van der Waals surface area contributed by atoms with E-state index in [1.54, 1.807) is 44.2 Å². The first kappa shape index (κ1) is 19.2. The molecule has 28 heavy (non-hydrogen) atoms. The summed E-state index contributed by atoms with van der Waals surface area (Å²) < 4.78 is 11.0. The molecular formula is C21H20N2O5. The van der Waals surface area contributed by atoms with Crippen LogP contribution in [0, 0.1) is 20.8 Å². The van der Waals surface area contributed by atoms with Crippen LogP contribution in [0.15, 0.2) is 45.6 Å². The molecular weight excluding hydrogens is 360 g/mol. The number of carbonyl (C=O) groups excluding carboxylic acids is 2. The second-order valence-corrected chi connectivity index (χ2v) is 6.45. The van der Waals surface area contributed by atoms with E-state index in [4.69, 9.17) is 14.9 Å². The number of carbonyl (C=O) groups is 2. The molecule has 0 bridgehead atoms. The molecule has 3 aromatic rings. The second-order valence-electron chi connectivity index (χ2n) is 6.45. The molecule has 0 fully saturated rings. The maximum Gasteiger partial charge on any atom is 0.339 e. The summed E-state index contributed by atoms with van der Waals surface area (Å²) in [6.07, 6.45) is 0. The third-order valence-electron chi connectivity index (χ3n) is 4.65. The smallest absolute Gasteiger partial charge is 0.339 e. The number of nitrogens with one attached hydrogen (secondary N) is 1. The van der Waals surface area contributed by atoms with Crippen LogP contribution in [0.5, 0.6) is 5.75 Å². The molecule has 3 N–H and O–H groups in total. The van der Waals surface area contributed by atoms with Gasteiger partial charge in [0, 0.05) is 16.5 Å². The molecule has 0 radical (unpaired) electrons. The number of rotatable bonds is 5. The highest BCUT2D eigenvalue weighted by Crippen LogP contribution is 2.29. The predicted molar refractivity (Wildman–Crippen MR) is 106 cm³/mol. The molecule has 0 aliphatic carbocycles. The molecule has 1 aromatic heterocycles. The molecule has 0 aliphatic rings. The highest BCUT2D eigenvalue weighted by Gasteiger charge is 2.15. The minimum atomic E-state index is -0.636. The van der Waals surface area contributed by atoms with Crippen LogP contribution in [-0.4, -0.2) is 18.4 Å². The van der Waals surface area contributed by atoms with Crippen molar-refractivity contribution < 1.29 is 18.7 Å². The largest absolute Gasteiger partial charge is 0.483 e. The van der Waals surface area contributed by atoms with Crippen LogP contribution in [0.3, 0.4) is 0 Å². The number of amides is 2. The van der Waals surface area contributed by atoms with Crippen molar-refractivity contribution in [3.8, 4) is 5.75 Å². The van der Waals surface area contributed by atoms with Crippen LogP contribution in [0.2, 0.25) is 0 Å². The minimum Gasteiger partial charge on any atom is -0.483 e. The van der Waals surface area contributed by atoms with E-state index < -0.39 is 17.4 Å². The minimum absolute atomic E-state index is 0.213. The molecule has 7 heteroatoms. The SMILES string of the molecule is Cc1c(C)c2ccc(OCC(=O)Nc3ccccc3C(N)=O)c(C)c2oc1=O. The summed E-state index contributed by atoms with van der Waals surface area (Å²) in [6, 6.07) is 9.97. The number of anilines is 1. The van der Waals surface area contributed by atoms with Gasteiger partial charge >= 0.3 is 5.63 Å². The topological polar surface area (TPSA) is 112 Å². The number of hydrogen-bond acceptors (Lipinski definition) is 5. The Balaban J connectivity index is 1.80. The molecule has 0 atom stereocenters. The highest BCUT2D eigenvalue weighted by atomic mass is 16.5. The van der Waals surface area contributed by atoms with Crippen LogP contribution in [0.25, 0.3) is 11.0 Å². The van der Waals surface area contributed by atoms with Gasteiger partial charge in [0.15, 0.2) is 6.61 Å². The maximum absolute atomic E-state index is 12.2. The van der Waals surface area contributed by atoms with E-state index in [-0.39, 0.29) is 12.2 Å². The molecule has 0 saturated heterocycles. The summed E-state index contributed by atoms with van der Waals surface area (Å²) in [6.45, 7) is 5.05. The van der Waals surface area contributed by atoms with E-state index in [2.05, 4.69) is 5.32 Å². The number of primary amides is 1. The average molecular weight is 380 g/mol. The van der Waals surface area contributed by atoms with E-state index in [0.29, 0.717) is 28.1 Å². The van der Waals surface area contributed by atoms with E-state index in [1.807, 2.05) is 6.92 Å². The van der Waals surface area contributed by atoms with Gasteiger partial charge in [-0.15, -0.1) is 0 Å². The zero-order valence-corrected chi connectivity index (χ0v) is 15.8. The lowest BCUT2D eigenvalue weighted by Gasteiger charge is -2.13. The molecule has 0 spiro atoms. The number of benzene rings is 2. The first-order valence-corrected chi connectivity index (χ1v) is 8.64. The third kappa shape index (κ3) is 3.59. The van der Waals surface area contributed by atoms with Crippen molar-refractivity contribution in [2.24, 2.45) is 5.73 Å². The van der Waals surface area contributed by atoms with Crippen LogP contribution < -0.4 is 21.4 Å². The Bertz CT molecular complexity index is 1150. The van der Waals surface area contributed by atoms with Crippen molar-refractivity contribution in [2.75, 3.05) is 11.9 Å². The van der Waals surface area contributed by atoms with E-state index in [1.165, 1.54) is 6.07 Å². The fourth-order valence-electron chi connectivity index (χ4n) is 2.92. The number of fused-ring (bicyclic) bond motifs is 1. The molecule has 0 unspecified atom stereocenters. The normalized spacial score (nSPS) is 10.7. The first-order valence-electron chi connectivity index (χ1n) is 8.64. The van der Waals surface area contributed by atoms with Gasteiger partial charge in [-0.25, -0.2) is 4.79 Å². The molecule has 0 aliphatic heterocycles. The number of ether oxygens (including phenoxy) is 1. The third-order valence-corrected chi connectivity index (χ3v) is 4.65. The lowest BCUT2D eigenvalue weighted by atomic mass is 10.0. The quantitative estimate of drug-likeness (QED) is 0.661. The van der Waals surface area contributed by atoms with E-state index in [0.717, 1.165) is 10.9 Å². The predicted octanol–water partition coefficient (Wildman–Crippen LogP) is 2.83. The number of aryl methyl sites for hydroxylation is 2. The van der Waals surface area contributed by atoms with E-state index >= 15 is 0 Å². The standard InChI is InChI=1S/C21H20N2O5/c1-11-12(2)21(26)28-19-13(3)17(9-8-14(11)19)27-10-18(24)23-16-7-5-4-6-15(16)20(22)25/h4-9H,10H2,1-3H3,(H2,22,25)(H,23,24). The molecule has 3 rings (SSSR count). The fourth-order valence-corrected chi connectivity index (χ4v) is 2.92. The number of para-hydroxylation sites is 1. The lowest BCUT2D eigenvalue weighted by Crippen LogP contribution is -2.23. The van der Waals surface area contributed by atoms with Gasteiger partial charge in [-0.2, -0.15) is 0 Å². The van der Waals surface area contributed by atoms with Gasteiger partial charge in [0.1, 0.15) is 11.3 Å². The molecule has 1 heterocycles. The van der Waals surface area contributed by atoms with Gasteiger partial charge in [0.05, 0.1) is 11.3 Å². The second kappa shape index (κ2) is 7.56. The Hall–Kier alpha value is -3.61. The van der Waals surface area contributed by atoms with Gasteiger partial charge < -0.3 is 20.2 Å². The number of hydrogen-bond donors (Lipinski definition) is 2. The molecule has 2 amide bonds. The summed E-state index contributed by atoms with van der Waals surface area (Å²) in [5.74, 6) is -0.658. The molecule has 2 aromatic carbocycles. The summed E-state index contributed by atoms with van der Waals surface area (Å²) in [5.41, 5.74) is 7.91. The van der Waals surface area contributed by atoms with Crippen molar-refractivity contribution >= 4 is 28.5 Å².